The molecule has 6 heteroatoms. The quantitative estimate of drug-likeness (QED) is 0.722. The van der Waals surface area contributed by atoms with Gasteiger partial charge in [-0.25, -0.2) is 0 Å². The maximum atomic E-state index is 12.9. The Labute approximate surface area is 156 Å². The van der Waals surface area contributed by atoms with Gasteiger partial charge in [-0.2, -0.15) is 0 Å². The first-order valence-electron chi connectivity index (χ1n) is 8.74. The number of hydrogen-bond acceptors (Lipinski definition) is 3. The molecule has 2 amide bonds. The number of carbonyl (C=O) groups is 2. The average Bonchev–Trinajstić information content (AvgIpc) is 3.05. The first-order valence-corrected chi connectivity index (χ1v) is 8.74. The molecule has 0 saturated heterocycles. The lowest BCUT2D eigenvalue weighted by Gasteiger charge is -2.28. The molecule has 0 aliphatic heterocycles. The molecule has 0 radical (unpaired) electrons. The zero-order valence-electron chi connectivity index (χ0n) is 15.4. The lowest BCUT2D eigenvalue weighted by molar-refractivity contribution is -0.127. The molecule has 1 fully saturated rings. The number of hydrogen-bond donors (Lipinski definition) is 3. The fourth-order valence-electron chi connectivity index (χ4n) is 3.16. The zero-order valence-corrected chi connectivity index (χ0v) is 16.2. The van der Waals surface area contributed by atoms with Gasteiger partial charge in [-0.3, -0.25) is 9.59 Å². The van der Waals surface area contributed by atoms with Crippen molar-refractivity contribution in [1.82, 2.24) is 5.32 Å². The van der Waals surface area contributed by atoms with Crippen molar-refractivity contribution in [3.05, 3.63) is 29.3 Å². The molecule has 140 valence electrons. The van der Waals surface area contributed by atoms with Crippen molar-refractivity contribution >= 4 is 29.9 Å². The molecule has 2 rings (SSSR count). The Morgan fingerprint density at radius 1 is 1.20 bits per heavy atom. The van der Waals surface area contributed by atoms with E-state index in [0.29, 0.717) is 13.1 Å². The third-order valence-corrected chi connectivity index (χ3v) is 5.21. The van der Waals surface area contributed by atoms with Crippen LogP contribution in [0.4, 0.5) is 5.69 Å². The smallest absolute Gasteiger partial charge is 0.232 e. The molecule has 1 aliphatic rings. The molecular weight excluding hydrogens is 338 g/mol. The summed E-state index contributed by atoms with van der Waals surface area (Å²) in [5.41, 5.74) is 8.19. The number of nitrogens with two attached hydrogens (primary N) is 1. The first kappa shape index (κ1) is 21.5. The summed E-state index contributed by atoms with van der Waals surface area (Å²) in [4.78, 5) is 24.9. The zero-order chi connectivity index (χ0) is 17.7. The van der Waals surface area contributed by atoms with Crippen molar-refractivity contribution in [3.63, 3.8) is 0 Å². The van der Waals surface area contributed by atoms with Gasteiger partial charge in [0.25, 0.3) is 0 Å². The SMILES string of the molecule is Cc1ccc(NC(=O)C2(CNC(=O)C(C)CN)CCCC2)cc1C.Cl. The van der Waals surface area contributed by atoms with E-state index in [9.17, 15) is 9.59 Å². The summed E-state index contributed by atoms with van der Waals surface area (Å²) < 4.78 is 0. The van der Waals surface area contributed by atoms with Crippen LogP contribution in [0, 0.1) is 25.2 Å². The maximum Gasteiger partial charge on any atom is 0.232 e. The maximum absolute atomic E-state index is 12.9. The van der Waals surface area contributed by atoms with Crippen molar-refractivity contribution < 1.29 is 9.59 Å². The standard InChI is InChI=1S/C19H29N3O2.ClH/c1-13-6-7-16(10-14(13)2)22-18(24)19(8-4-5-9-19)12-21-17(23)15(3)11-20;/h6-7,10,15H,4-5,8-9,11-12,20H2,1-3H3,(H,21,23)(H,22,24);1H. The Bertz CT molecular complexity index is 613. The molecule has 1 saturated carbocycles. The van der Waals surface area contributed by atoms with Crippen LogP contribution in [-0.2, 0) is 9.59 Å². The highest BCUT2D eigenvalue weighted by atomic mass is 35.5. The average molecular weight is 368 g/mol. The predicted octanol–water partition coefficient (Wildman–Crippen LogP) is 2.94. The molecule has 5 nitrogen and oxygen atoms in total. The van der Waals surface area contributed by atoms with Crippen LogP contribution >= 0.6 is 12.4 Å². The Hall–Kier alpha value is -1.59. The number of carbonyl (C=O) groups excluding carboxylic acids is 2. The molecule has 1 aromatic carbocycles. The van der Waals surface area contributed by atoms with Gasteiger partial charge in [0.2, 0.25) is 11.8 Å². The molecule has 0 bridgehead atoms. The van der Waals surface area contributed by atoms with Gasteiger partial charge in [-0.1, -0.05) is 25.8 Å². The van der Waals surface area contributed by atoms with Crippen LogP contribution in [0.3, 0.4) is 0 Å². The van der Waals surface area contributed by atoms with E-state index in [0.717, 1.165) is 36.9 Å². The molecule has 1 unspecified atom stereocenters. The molecule has 4 N–H and O–H groups in total. The summed E-state index contributed by atoms with van der Waals surface area (Å²) in [6.07, 6.45) is 3.65. The highest BCUT2D eigenvalue weighted by Gasteiger charge is 2.41. The fourth-order valence-corrected chi connectivity index (χ4v) is 3.16. The van der Waals surface area contributed by atoms with Gasteiger partial charge < -0.3 is 16.4 Å². The number of amides is 2. The molecule has 25 heavy (non-hydrogen) atoms. The number of halogens is 1. The summed E-state index contributed by atoms with van der Waals surface area (Å²) in [6, 6.07) is 5.93. The second-order valence-electron chi connectivity index (χ2n) is 7.10. The molecular formula is C19H30ClN3O2. The summed E-state index contributed by atoms with van der Waals surface area (Å²) in [5, 5.41) is 5.97. The van der Waals surface area contributed by atoms with Gasteiger partial charge in [-0.15, -0.1) is 12.4 Å². The van der Waals surface area contributed by atoms with Crippen molar-refractivity contribution in [2.75, 3.05) is 18.4 Å². The van der Waals surface area contributed by atoms with E-state index < -0.39 is 5.41 Å². The molecule has 0 heterocycles. The van der Waals surface area contributed by atoms with E-state index >= 15 is 0 Å². The molecule has 0 aromatic heterocycles. The topological polar surface area (TPSA) is 84.2 Å². The van der Waals surface area contributed by atoms with E-state index in [1.165, 1.54) is 5.56 Å². The van der Waals surface area contributed by atoms with Crippen LogP contribution < -0.4 is 16.4 Å². The summed E-state index contributed by atoms with van der Waals surface area (Å²) in [5.74, 6) is -0.307. The minimum atomic E-state index is -0.511. The predicted molar refractivity (Wildman–Crippen MR) is 104 cm³/mol. The van der Waals surface area contributed by atoms with Crippen LogP contribution in [0.2, 0.25) is 0 Å². The Morgan fingerprint density at radius 3 is 2.40 bits per heavy atom. The van der Waals surface area contributed by atoms with Gasteiger partial charge in [0.05, 0.1) is 5.41 Å². The largest absolute Gasteiger partial charge is 0.355 e. The molecule has 1 aliphatic carbocycles. The monoisotopic (exact) mass is 367 g/mol. The number of benzene rings is 1. The molecule has 1 atom stereocenters. The minimum Gasteiger partial charge on any atom is -0.355 e. The van der Waals surface area contributed by atoms with Gasteiger partial charge in [-0.05, 0) is 49.9 Å². The van der Waals surface area contributed by atoms with E-state index in [2.05, 4.69) is 10.6 Å². The Morgan fingerprint density at radius 2 is 1.84 bits per heavy atom. The van der Waals surface area contributed by atoms with Crippen LogP contribution in [0.1, 0.15) is 43.7 Å². The van der Waals surface area contributed by atoms with E-state index in [4.69, 9.17) is 5.73 Å². The number of anilines is 1. The van der Waals surface area contributed by atoms with E-state index in [1.54, 1.807) is 6.92 Å². The number of aryl methyl sites for hydroxylation is 2. The summed E-state index contributed by atoms with van der Waals surface area (Å²) in [6.45, 7) is 6.57. The van der Waals surface area contributed by atoms with E-state index in [-0.39, 0.29) is 30.1 Å². The van der Waals surface area contributed by atoms with Crippen molar-refractivity contribution in [2.45, 2.75) is 46.5 Å². The molecule has 1 aromatic rings. The second kappa shape index (κ2) is 9.20. The van der Waals surface area contributed by atoms with Gasteiger partial charge >= 0.3 is 0 Å². The van der Waals surface area contributed by atoms with Crippen LogP contribution in [0.25, 0.3) is 0 Å². The highest BCUT2D eigenvalue weighted by molar-refractivity contribution is 5.96. The Balaban J connectivity index is 0.00000312. The van der Waals surface area contributed by atoms with Crippen molar-refractivity contribution in [3.8, 4) is 0 Å². The highest BCUT2D eigenvalue weighted by Crippen LogP contribution is 2.38. The van der Waals surface area contributed by atoms with Crippen LogP contribution in [0.15, 0.2) is 18.2 Å². The molecule has 0 spiro atoms. The van der Waals surface area contributed by atoms with Crippen molar-refractivity contribution in [2.24, 2.45) is 17.1 Å². The minimum absolute atomic E-state index is 0. The third kappa shape index (κ3) is 5.19. The summed E-state index contributed by atoms with van der Waals surface area (Å²) in [7, 11) is 0. The third-order valence-electron chi connectivity index (χ3n) is 5.21. The van der Waals surface area contributed by atoms with Gasteiger partial charge in [0.15, 0.2) is 0 Å². The summed E-state index contributed by atoms with van der Waals surface area (Å²) >= 11 is 0. The van der Waals surface area contributed by atoms with Crippen molar-refractivity contribution in [1.29, 1.82) is 0 Å². The number of rotatable bonds is 6. The lowest BCUT2D eigenvalue weighted by atomic mass is 9.84. The first-order chi connectivity index (χ1) is 11.4. The second-order valence-corrected chi connectivity index (χ2v) is 7.10. The van der Waals surface area contributed by atoms with E-state index in [1.807, 2.05) is 32.0 Å². The number of nitrogens with one attached hydrogen (secondary N) is 2. The van der Waals surface area contributed by atoms with Gasteiger partial charge in [0, 0.05) is 24.7 Å². The van der Waals surface area contributed by atoms with Crippen LogP contribution in [-0.4, -0.2) is 24.9 Å². The normalized spacial score (nSPS) is 16.6. The van der Waals surface area contributed by atoms with Crippen LogP contribution in [0.5, 0.6) is 0 Å². The fraction of sp³-hybridized carbons (Fsp3) is 0.579. The Kier molecular flexibility index (Phi) is 7.90. The van der Waals surface area contributed by atoms with Gasteiger partial charge in [0.1, 0.15) is 0 Å². The lowest BCUT2D eigenvalue weighted by Crippen LogP contribution is -2.46.